The van der Waals surface area contributed by atoms with E-state index in [1.165, 1.54) is 0 Å². The van der Waals surface area contributed by atoms with Crippen LogP contribution in [0.5, 0.6) is 0 Å². The molecule has 0 saturated heterocycles. The number of rotatable bonds is 2. The van der Waals surface area contributed by atoms with Crippen molar-refractivity contribution in [3.8, 4) is 17.5 Å². The fraction of sp³-hybridized carbons (Fsp3) is 0. The second-order valence-corrected chi connectivity index (χ2v) is 4.68. The lowest BCUT2D eigenvalue weighted by atomic mass is 10.1. The van der Waals surface area contributed by atoms with Crippen molar-refractivity contribution in [1.82, 2.24) is 15.2 Å². The van der Waals surface area contributed by atoms with Crippen molar-refractivity contribution in [2.75, 3.05) is 0 Å². The van der Waals surface area contributed by atoms with Crippen LogP contribution in [0.25, 0.3) is 11.4 Å². The molecule has 1 aromatic heterocycles. The van der Waals surface area contributed by atoms with E-state index in [4.69, 9.17) is 10.4 Å². The highest BCUT2D eigenvalue weighted by Crippen LogP contribution is 2.16. The van der Waals surface area contributed by atoms with E-state index >= 15 is 0 Å². The van der Waals surface area contributed by atoms with Gasteiger partial charge >= 0.3 is 0 Å². The van der Waals surface area contributed by atoms with Crippen molar-refractivity contribution in [2.45, 2.75) is 5.16 Å². The van der Waals surface area contributed by atoms with Gasteiger partial charge in [-0.15, -0.1) is 0 Å². The number of hydrogen-bond donors (Lipinski definition) is 2. The van der Waals surface area contributed by atoms with Crippen molar-refractivity contribution in [3.05, 3.63) is 29.8 Å². The number of primary sulfonamides is 1. The third-order valence-corrected chi connectivity index (χ3v) is 2.71. The summed E-state index contributed by atoms with van der Waals surface area (Å²) < 4.78 is 22.0. The first kappa shape index (κ1) is 11.3. The molecular formula is C9H7N5O2S. The summed E-state index contributed by atoms with van der Waals surface area (Å²) in [6, 6.07) is 8.46. The van der Waals surface area contributed by atoms with Gasteiger partial charge in [0.1, 0.15) is 0 Å². The van der Waals surface area contributed by atoms with Gasteiger partial charge in [0.05, 0.1) is 11.6 Å². The largest absolute Gasteiger partial charge is 0.273 e. The maximum absolute atomic E-state index is 11.0. The first-order valence-corrected chi connectivity index (χ1v) is 6.01. The number of hydrogen-bond acceptors (Lipinski definition) is 5. The van der Waals surface area contributed by atoms with Crippen molar-refractivity contribution < 1.29 is 8.42 Å². The molecule has 0 unspecified atom stereocenters. The maximum atomic E-state index is 11.0. The third kappa shape index (κ3) is 2.30. The van der Waals surface area contributed by atoms with E-state index < -0.39 is 15.2 Å². The van der Waals surface area contributed by atoms with Crippen LogP contribution in [0.15, 0.2) is 29.4 Å². The summed E-state index contributed by atoms with van der Waals surface area (Å²) in [6.07, 6.45) is 0. The summed E-state index contributed by atoms with van der Waals surface area (Å²) in [6.45, 7) is 0. The Morgan fingerprint density at radius 1 is 1.41 bits per heavy atom. The molecule has 1 aromatic carbocycles. The van der Waals surface area contributed by atoms with Crippen LogP contribution in [-0.4, -0.2) is 23.6 Å². The SMILES string of the molecule is N#Cc1cccc(-c2n[nH]c(S(N)(=O)=O)n2)c1. The minimum absolute atomic E-state index is 0.172. The summed E-state index contributed by atoms with van der Waals surface area (Å²) in [4.78, 5) is 3.74. The minimum atomic E-state index is -3.90. The zero-order valence-corrected chi connectivity index (χ0v) is 9.27. The highest BCUT2D eigenvalue weighted by molar-refractivity contribution is 7.89. The fourth-order valence-electron chi connectivity index (χ4n) is 1.23. The van der Waals surface area contributed by atoms with Gasteiger partial charge in [0.25, 0.3) is 15.2 Å². The monoisotopic (exact) mass is 249 g/mol. The molecule has 0 spiro atoms. The van der Waals surface area contributed by atoms with Gasteiger partial charge in [-0.1, -0.05) is 12.1 Å². The summed E-state index contributed by atoms with van der Waals surface area (Å²) in [7, 11) is -3.90. The van der Waals surface area contributed by atoms with Crippen LogP contribution in [0, 0.1) is 11.3 Å². The van der Waals surface area contributed by atoms with Crippen molar-refractivity contribution >= 4 is 10.0 Å². The minimum Gasteiger partial charge on any atom is -0.248 e. The van der Waals surface area contributed by atoms with Gasteiger partial charge in [-0.25, -0.2) is 18.7 Å². The molecular weight excluding hydrogens is 242 g/mol. The second kappa shape index (κ2) is 3.97. The number of nitrogens with two attached hydrogens (primary N) is 1. The van der Waals surface area contributed by atoms with E-state index in [9.17, 15) is 8.42 Å². The predicted molar refractivity (Wildman–Crippen MR) is 57.9 cm³/mol. The maximum Gasteiger partial charge on any atom is 0.273 e. The smallest absolute Gasteiger partial charge is 0.248 e. The Labute approximate surface area is 97.0 Å². The first-order valence-electron chi connectivity index (χ1n) is 4.46. The molecule has 0 radical (unpaired) electrons. The van der Waals surface area contributed by atoms with Crippen molar-refractivity contribution in [3.63, 3.8) is 0 Å². The molecule has 0 aliphatic heterocycles. The summed E-state index contributed by atoms with van der Waals surface area (Å²) in [5.41, 5.74) is 0.972. The summed E-state index contributed by atoms with van der Waals surface area (Å²) in [5.74, 6) is 0.172. The molecule has 0 amide bonds. The standard InChI is InChI=1S/C9H7N5O2S/c10-5-6-2-1-3-7(4-6)8-12-9(14-13-8)17(11,15)16/h1-4H,(H2,11,15,16)(H,12,13,14). The van der Waals surface area contributed by atoms with Gasteiger partial charge in [0, 0.05) is 5.56 Å². The molecule has 8 heteroatoms. The number of nitrogens with one attached hydrogen (secondary N) is 1. The Morgan fingerprint density at radius 3 is 2.76 bits per heavy atom. The Morgan fingerprint density at radius 2 is 2.18 bits per heavy atom. The number of H-pyrrole nitrogens is 1. The van der Waals surface area contributed by atoms with Crippen LogP contribution >= 0.6 is 0 Å². The van der Waals surface area contributed by atoms with Crippen molar-refractivity contribution in [2.24, 2.45) is 5.14 Å². The zero-order valence-electron chi connectivity index (χ0n) is 8.45. The Balaban J connectivity index is 2.48. The molecule has 0 saturated carbocycles. The van der Waals surface area contributed by atoms with Crippen LogP contribution < -0.4 is 5.14 Å². The van der Waals surface area contributed by atoms with E-state index in [0.717, 1.165) is 0 Å². The van der Waals surface area contributed by atoms with Crippen molar-refractivity contribution in [1.29, 1.82) is 5.26 Å². The fourth-order valence-corrected chi connectivity index (χ4v) is 1.62. The molecule has 1 heterocycles. The average molecular weight is 249 g/mol. The van der Waals surface area contributed by atoms with Crippen LogP contribution in [0.3, 0.4) is 0 Å². The normalized spacial score (nSPS) is 11.1. The quantitative estimate of drug-likeness (QED) is 0.774. The zero-order chi connectivity index (χ0) is 12.5. The second-order valence-electron chi connectivity index (χ2n) is 3.20. The van der Waals surface area contributed by atoms with Gasteiger partial charge in [0.15, 0.2) is 5.82 Å². The number of sulfonamides is 1. The number of nitriles is 1. The van der Waals surface area contributed by atoms with E-state index in [-0.39, 0.29) is 5.82 Å². The number of aromatic amines is 1. The lowest BCUT2D eigenvalue weighted by molar-refractivity contribution is 0.589. The molecule has 0 fully saturated rings. The first-order chi connectivity index (χ1) is 8.00. The summed E-state index contributed by atoms with van der Waals surface area (Å²) >= 11 is 0. The Hall–Kier alpha value is -2.24. The topological polar surface area (TPSA) is 126 Å². The van der Waals surface area contributed by atoms with Gasteiger partial charge in [0.2, 0.25) is 0 Å². The van der Waals surface area contributed by atoms with E-state index in [0.29, 0.717) is 11.1 Å². The summed E-state index contributed by atoms with van der Waals surface area (Å²) in [5, 5.41) is 19.2. The number of benzene rings is 1. The van der Waals surface area contributed by atoms with Gasteiger partial charge in [-0.3, -0.25) is 0 Å². The molecule has 0 bridgehead atoms. The van der Waals surface area contributed by atoms with E-state index in [2.05, 4.69) is 15.2 Å². The highest BCUT2D eigenvalue weighted by Gasteiger charge is 2.14. The van der Waals surface area contributed by atoms with Crippen LogP contribution in [0.1, 0.15) is 5.56 Å². The predicted octanol–water partition coefficient (Wildman–Crippen LogP) is -0.00922. The van der Waals surface area contributed by atoms with E-state index in [1.807, 2.05) is 6.07 Å². The average Bonchev–Trinajstić information content (AvgIpc) is 2.78. The molecule has 0 atom stereocenters. The number of nitrogens with zero attached hydrogens (tertiary/aromatic N) is 3. The molecule has 7 nitrogen and oxygen atoms in total. The third-order valence-electron chi connectivity index (χ3n) is 1.98. The number of aromatic nitrogens is 3. The van der Waals surface area contributed by atoms with Crippen LogP contribution in [0.4, 0.5) is 0 Å². The van der Waals surface area contributed by atoms with Gasteiger partial charge < -0.3 is 0 Å². The molecule has 17 heavy (non-hydrogen) atoms. The lowest BCUT2D eigenvalue weighted by Crippen LogP contribution is -2.13. The highest BCUT2D eigenvalue weighted by atomic mass is 32.2. The molecule has 86 valence electrons. The molecule has 0 aliphatic carbocycles. The molecule has 2 rings (SSSR count). The molecule has 3 N–H and O–H groups in total. The Bertz CT molecular complexity index is 698. The lowest BCUT2D eigenvalue weighted by Gasteiger charge is -1.94. The van der Waals surface area contributed by atoms with E-state index in [1.54, 1.807) is 24.3 Å². The van der Waals surface area contributed by atoms with Crippen LogP contribution in [-0.2, 0) is 10.0 Å². The molecule has 2 aromatic rings. The van der Waals surface area contributed by atoms with Gasteiger partial charge in [-0.05, 0) is 12.1 Å². The van der Waals surface area contributed by atoms with Gasteiger partial charge in [-0.2, -0.15) is 15.3 Å². The molecule has 0 aliphatic rings. The Kier molecular flexibility index (Phi) is 2.63. The van der Waals surface area contributed by atoms with Crippen LogP contribution in [0.2, 0.25) is 0 Å².